The minimum Gasteiger partial charge on any atom is -0.491 e. The first-order chi connectivity index (χ1) is 9.06. The van der Waals surface area contributed by atoms with Gasteiger partial charge in [0.15, 0.2) is 0 Å². The second-order valence-corrected chi connectivity index (χ2v) is 4.71. The van der Waals surface area contributed by atoms with Gasteiger partial charge >= 0.3 is 5.97 Å². The highest BCUT2D eigenvalue weighted by molar-refractivity contribution is 5.75. The minimum atomic E-state index is -0.449. The normalized spacial score (nSPS) is 12.3. The van der Waals surface area contributed by atoms with Gasteiger partial charge in [-0.3, -0.25) is 10.1 Å². The third-order valence-corrected chi connectivity index (χ3v) is 2.74. The summed E-state index contributed by atoms with van der Waals surface area (Å²) in [5.74, 6) is 0.471. The first kappa shape index (κ1) is 15.5. The van der Waals surface area contributed by atoms with Crippen molar-refractivity contribution >= 4 is 5.97 Å². The van der Waals surface area contributed by atoms with Crippen molar-refractivity contribution in [2.24, 2.45) is 0 Å². The van der Waals surface area contributed by atoms with Gasteiger partial charge in [-0.25, -0.2) is 0 Å². The smallest absolute Gasteiger partial charge is 0.326 e. The van der Waals surface area contributed by atoms with E-state index in [-0.39, 0.29) is 18.6 Å². The quantitative estimate of drug-likeness (QED) is 0.768. The Kier molecular flexibility index (Phi) is 6.36. The molecule has 0 radical (unpaired) electrons. The van der Waals surface area contributed by atoms with Gasteiger partial charge in [-0.05, 0) is 24.1 Å². The maximum Gasteiger partial charge on any atom is 0.326 e. The van der Waals surface area contributed by atoms with Crippen molar-refractivity contribution in [2.45, 2.75) is 39.3 Å². The maximum absolute atomic E-state index is 11.6. The molecule has 0 aromatic heterocycles. The summed E-state index contributed by atoms with van der Waals surface area (Å²) in [4.78, 5) is 11.6. The van der Waals surface area contributed by atoms with Gasteiger partial charge in [-0.1, -0.05) is 32.9 Å². The molecule has 0 heterocycles. The zero-order chi connectivity index (χ0) is 14.3. The molecule has 4 nitrogen and oxygen atoms in total. The zero-order valence-electron chi connectivity index (χ0n) is 12.1. The summed E-state index contributed by atoms with van der Waals surface area (Å²) in [7, 11) is 1.38. The predicted octanol–water partition coefficient (Wildman–Crippen LogP) is 2.17. The molecule has 1 unspecified atom stereocenters. The highest BCUT2D eigenvalue weighted by atomic mass is 16.5. The number of esters is 1. The van der Waals surface area contributed by atoms with E-state index in [0.29, 0.717) is 0 Å². The summed E-state index contributed by atoms with van der Waals surface area (Å²) in [6, 6.07) is 7.63. The maximum atomic E-state index is 11.6. The van der Waals surface area contributed by atoms with Crippen molar-refractivity contribution in [1.82, 2.24) is 5.32 Å². The number of carbonyl (C=O) groups is 1. The summed E-state index contributed by atoms with van der Waals surface area (Å²) in [6.07, 6.45) is 0.960. The van der Waals surface area contributed by atoms with E-state index in [1.807, 2.05) is 32.0 Å². The Hall–Kier alpha value is -1.55. The van der Waals surface area contributed by atoms with Crippen LogP contribution in [0.1, 0.15) is 26.3 Å². The van der Waals surface area contributed by atoms with Crippen LogP contribution in [-0.2, 0) is 16.0 Å². The van der Waals surface area contributed by atoms with Crippen molar-refractivity contribution in [1.29, 1.82) is 0 Å². The number of aryl methyl sites for hydroxylation is 1. The van der Waals surface area contributed by atoms with Crippen molar-refractivity contribution < 1.29 is 14.3 Å². The van der Waals surface area contributed by atoms with Gasteiger partial charge in [-0.15, -0.1) is 0 Å². The van der Waals surface area contributed by atoms with Gasteiger partial charge in [0.2, 0.25) is 0 Å². The molecule has 0 amide bonds. The van der Waals surface area contributed by atoms with Crippen LogP contribution in [0.3, 0.4) is 0 Å². The summed E-state index contributed by atoms with van der Waals surface area (Å²) in [5.41, 5.74) is 1.21. The van der Waals surface area contributed by atoms with E-state index < -0.39 is 6.04 Å². The molecule has 1 aromatic carbocycles. The van der Waals surface area contributed by atoms with Crippen molar-refractivity contribution in [3.63, 3.8) is 0 Å². The fourth-order valence-corrected chi connectivity index (χ4v) is 1.76. The Bertz CT molecular complexity index is 404. The highest BCUT2D eigenvalue weighted by Crippen LogP contribution is 2.14. The summed E-state index contributed by atoms with van der Waals surface area (Å²) >= 11 is 0. The van der Waals surface area contributed by atoms with Gasteiger partial charge in [0.1, 0.15) is 18.4 Å². The average molecular weight is 265 g/mol. The van der Waals surface area contributed by atoms with Crippen LogP contribution in [-0.4, -0.2) is 31.8 Å². The Morgan fingerprint density at radius 2 is 2.11 bits per heavy atom. The monoisotopic (exact) mass is 265 g/mol. The number of nitrogens with one attached hydrogen (secondary N) is 1. The molecule has 19 heavy (non-hydrogen) atoms. The van der Waals surface area contributed by atoms with Crippen LogP contribution in [0.5, 0.6) is 5.75 Å². The Morgan fingerprint density at radius 3 is 2.68 bits per heavy atom. The molecule has 0 saturated heterocycles. The van der Waals surface area contributed by atoms with Crippen LogP contribution in [0.25, 0.3) is 0 Å². The molecular formula is C15H23NO3. The minimum absolute atomic E-state index is 0.190. The number of ether oxygens (including phenoxy) is 2. The number of methoxy groups -OCH3 is 1. The molecule has 106 valence electrons. The number of rotatable bonds is 7. The van der Waals surface area contributed by atoms with Crippen molar-refractivity contribution in [3.8, 4) is 5.75 Å². The van der Waals surface area contributed by atoms with E-state index in [9.17, 15) is 4.79 Å². The molecular weight excluding hydrogens is 242 g/mol. The number of carbonyl (C=O) groups excluding carboxylic acids is 1. The second-order valence-electron chi connectivity index (χ2n) is 4.71. The van der Waals surface area contributed by atoms with Crippen molar-refractivity contribution in [2.75, 3.05) is 13.7 Å². The number of hydrogen-bond acceptors (Lipinski definition) is 4. The molecule has 1 N–H and O–H groups in total. The topological polar surface area (TPSA) is 47.6 Å². The largest absolute Gasteiger partial charge is 0.491 e. The highest BCUT2D eigenvalue weighted by Gasteiger charge is 2.20. The summed E-state index contributed by atoms with van der Waals surface area (Å²) in [6.45, 7) is 6.32. The molecule has 0 saturated carbocycles. The van der Waals surface area contributed by atoms with E-state index in [0.717, 1.165) is 12.2 Å². The molecule has 1 atom stereocenters. The van der Waals surface area contributed by atoms with Crippen LogP contribution in [0.4, 0.5) is 0 Å². The third-order valence-electron chi connectivity index (χ3n) is 2.74. The fourth-order valence-electron chi connectivity index (χ4n) is 1.76. The second kappa shape index (κ2) is 7.79. The lowest BCUT2D eigenvalue weighted by molar-refractivity contribution is -0.144. The Morgan fingerprint density at radius 1 is 1.37 bits per heavy atom. The van der Waals surface area contributed by atoms with Crippen LogP contribution in [0.2, 0.25) is 0 Å². The third kappa shape index (κ3) is 5.30. The van der Waals surface area contributed by atoms with Crippen LogP contribution in [0, 0.1) is 0 Å². The first-order valence-corrected chi connectivity index (χ1v) is 6.62. The number of hydrogen-bond donors (Lipinski definition) is 1. The summed E-state index contributed by atoms with van der Waals surface area (Å²) < 4.78 is 10.4. The molecule has 0 bridgehead atoms. The molecule has 1 rings (SSSR count). The van der Waals surface area contributed by atoms with Crippen molar-refractivity contribution in [3.05, 3.63) is 29.8 Å². The Balaban J connectivity index is 2.61. The molecule has 0 aliphatic heterocycles. The van der Waals surface area contributed by atoms with Crippen LogP contribution < -0.4 is 10.1 Å². The van der Waals surface area contributed by atoms with E-state index in [4.69, 9.17) is 9.47 Å². The molecule has 0 spiro atoms. The zero-order valence-corrected chi connectivity index (χ0v) is 12.1. The van der Waals surface area contributed by atoms with Gasteiger partial charge in [-0.2, -0.15) is 0 Å². The molecule has 1 aromatic rings. The molecule has 4 heteroatoms. The van der Waals surface area contributed by atoms with Crippen LogP contribution in [0.15, 0.2) is 24.3 Å². The SMILES string of the molecule is CCc1cccc(OCC(NC(C)C)C(=O)OC)c1. The lowest BCUT2D eigenvalue weighted by Crippen LogP contribution is -2.45. The van der Waals surface area contributed by atoms with Gasteiger partial charge in [0, 0.05) is 6.04 Å². The average Bonchev–Trinajstić information content (AvgIpc) is 2.42. The molecule has 0 aliphatic carbocycles. The first-order valence-electron chi connectivity index (χ1n) is 6.62. The lowest BCUT2D eigenvalue weighted by atomic mass is 10.2. The standard InChI is InChI=1S/C15H23NO3/c1-5-12-7-6-8-13(9-12)19-10-14(15(17)18-4)16-11(2)3/h6-9,11,14,16H,5,10H2,1-4H3. The lowest BCUT2D eigenvalue weighted by Gasteiger charge is -2.19. The van der Waals surface area contributed by atoms with E-state index >= 15 is 0 Å². The number of benzene rings is 1. The summed E-state index contributed by atoms with van der Waals surface area (Å²) in [5, 5.41) is 3.13. The van der Waals surface area contributed by atoms with E-state index in [1.165, 1.54) is 12.7 Å². The predicted molar refractivity (Wildman–Crippen MR) is 75.4 cm³/mol. The van der Waals surface area contributed by atoms with E-state index in [2.05, 4.69) is 18.3 Å². The Labute approximate surface area is 115 Å². The van der Waals surface area contributed by atoms with E-state index in [1.54, 1.807) is 0 Å². The van der Waals surface area contributed by atoms with Gasteiger partial charge < -0.3 is 9.47 Å². The fraction of sp³-hybridized carbons (Fsp3) is 0.533. The van der Waals surface area contributed by atoms with Gasteiger partial charge in [0.05, 0.1) is 7.11 Å². The van der Waals surface area contributed by atoms with Crippen LogP contribution >= 0.6 is 0 Å². The van der Waals surface area contributed by atoms with Gasteiger partial charge in [0.25, 0.3) is 0 Å². The molecule has 0 fully saturated rings. The molecule has 0 aliphatic rings.